The smallest absolute Gasteiger partial charge is 0.408 e. The highest BCUT2D eigenvalue weighted by Gasteiger charge is 2.22. The fourth-order valence-electron chi connectivity index (χ4n) is 1.65. The standard InChI is InChI=1S/C14H18BrNO5S/c1-22(19,20)8-7-12(13(17)9-15)16-14(18)21-10-11-5-3-2-4-6-11/h2-6,12H,7-10H2,1H3,(H,16,18). The van der Waals surface area contributed by atoms with Crippen molar-refractivity contribution in [1.82, 2.24) is 5.32 Å². The number of hydrogen-bond donors (Lipinski definition) is 1. The molecular weight excluding hydrogens is 374 g/mol. The highest BCUT2D eigenvalue weighted by Crippen LogP contribution is 2.04. The summed E-state index contributed by atoms with van der Waals surface area (Å²) in [5, 5.41) is 2.43. The Bertz CT molecular complexity index is 603. The molecule has 0 saturated heterocycles. The summed E-state index contributed by atoms with van der Waals surface area (Å²) in [6, 6.07) is 8.20. The third kappa shape index (κ3) is 7.56. The summed E-state index contributed by atoms with van der Waals surface area (Å²) < 4.78 is 27.4. The van der Waals surface area contributed by atoms with Crippen LogP contribution in [-0.2, 0) is 26.0 Å². The Hall–Kier alpha value is -1.41. The summed E-state index contributed by atoms with van der Waals surface area (Å²) in [4.78, 5) is 23.4. The molecule has 0 radical (unpaired) electrons. The predicted octanol–water partition coefficient (Wildman–Crippen LogP) is 1.68. The SMILES string of the molecule is CS(=O)(=O)CCC(NC(=O)OCc1ccccc1)C(=O)CBr. The number of carbonyl (C=O) groups excluding carboxylic acids is 2. The fraction of sp³-hybridized carbons (Fsp3) is 0.429. The van der Waals surface area contributed by atoms with Gasteiger partial charge in [-0.05, 0) is 12.0 Å². The van der Waals surface area contributed by atoms with Crippen LogP contribution in [0, 0.1) is 0 Å². The summed E-state index contributed by atoms with van der Waals surface area (Å²) in [5.74, 6) is -0.490. The van der Waals surface area contributed by atoms with Gasteiger partial charge in [-0.25, -0.2) is 13.2 Å². The third-order valence-corrected chi connectivity index (χ3v) is 4.33. The largest absolute Gasteiger partial charge is 0.445 e. The van der Waals surface area contributed by atoms with Crippen LogP contribution >= 0.6 is 15.9 Å². The summed E-state index contributed by atoms with van der Waals surface area (Å²) in [5.41, 5.74) is 0.817. The Labute approximate surface area is 138 Å². The van der Waals surface area contributed by atoms with Crippen molar-refractivity contribution in [2.45, 2.75) is 19.1 Å². The van der Waals surface area contributed by atoms with E-state index in [1.807, 2.05) is 18.2 Å². The van der Waals surface area contributed by atoms with E-state index in [1.54, 1.807) is 12.1 Å². The third-order valence-electron chi connectivity index (χ3n) is 2.80. The Morgan fingerprint density at radius 3 is 2.45 bits per heavy atom. The molecule has 6 nitrogen and oxygen atoms in total. The molecule has 1 N–H and O–H groups in total. The highest BCUT2D eigenvalue weighted by molar-refractivity contribution is 9.09. The molecule has 1 aromatic rings. The molecule has 0 fully saturated rings. The maximum Gasteiger partial charge on any atom is 0.408 e. The van der Waals surface area contributed by atoms with Gasteiger partial charge >= 0.3 is 6.09 Å². The van der Waals surface area contributed by atoms with Crippen LogP contribution in [0.3, 0.4) is 0 Å². The van der Waals surface area contributed by atoms with E-state index in [9.17, 15) is 18.0 Å². The van der Waals surface area contributed by atoms with Gasteiger partial charge in [0.2, 0.25) is 0 Å². The molecule has 0 aromatic heterocycles. The molecule has 0 aliphatic rings. The molecule has 1 amide bonds. The van der Waals surface area contributed by atoms with Gasteiger partial charge in [0, 0.05) is 6.26 Å². The average Bonchev–Trinajstić information content (AvgIpc) is 2.48. The van der Waals surface area contributed by atoms with E-state index < -0.39 is 22.0 Å². The molecule has 1 atom stereocenters. The first-order valence-electron chi connectivity index (χ1n) is 6.55. The minimum Gasteiger partial charge on any atom is -0.445 e. The van der Waals surface area contributed by atoms with E-state index in [4.69, 9.17) is 4.74 Å². The Morgan fingerprint density at radius 2 is 1.91 bits per heavy atom. The van der Waals surface area contributed by atoms with Gasteiger partial charge in [0.05, 0.1) is 17.1 Å². The van der Waals surface area contributed by atoms with Crippen molar-refractivity contribution in [3.05, 3.63) is 35.9 Å². The molecule has 8 heteroatoms. The molecule has 1 aromatic carbocycles. The molecule has 1 rings (SSSR count). The second-order valence-electron chi connectivity index (χ2n) is 4.78. The van der Waals surface area contributed by atoms with Gasteiger partial charge in [-0.3, -0.25) is 4.79 Å². The Morgan fingerprint density at radius 1 is 1.27 bits per heavy atom. The fourth-order valence-corrected chi connectivity index (χ4v) is 2.70. The van der Waals surface area contributed by atoms with Crippen LogP contribution < -0.4 is 5.32 Å². The van der Waals surface area contributed by atoms with Crippen molar-refractivity contribution < 1.29 is 22.7 Å². The number of rotatable bonds is 8. The van der Waals surface area contributed by atoms with Gasteiger partial charge < -0.3 is 10.1 Å². The quantitative estimate of drug-likeness (QED) is 0.680. The van der Waals surface area contributed by atoms with Crippen molar-refractivity contribution in [2.24, 2.45) is 0 Å². The zero-order valence-electron chi connectivity index (χ0n) is 12.1. The van der Waals surface area contributed by atoms with Crippen molar-refractivity contribution in [3.8, 4) is 0 Å². The number of carbonyl (C=O) groups is 2. The maximum atomic E-state index is 11.7. The second-order valence-corrected chi connectivity index (χ2v) is 7.60. The number of Topliss-reactive ketones (excluding diaryl/α,β-unsaturated/α-hetero) is 1. The first-order chi connectivity index (χ1) is 10.3. The first-order valence-corrected chi connectivity index (χ1v) is 9.73. The number of alkyl carbamates (subject to hydrolysis) is 1. The Balaban J connectivity index is 2.53. The van der Waals surface area contributed by atoms with E-state index in [1.165, 1.54) is 0 Å². The monoisotopic (exact) mass is 391 g/mol. The molecule has 0 aliphatic carbocycles. The molecule has 0 aliphatic heterocycles. The number of nitrogens with one attached hydrogen (secondary N) is 1. The molecular formula is C14H18BrNO5S. The number of halogens is 1. The van der Waals surface area contributed by atoms with Crippen molar-refractivity contribution in [1.29, 1.82) is 0 Å². The van der Waals surface area contributed by atoms with Crippen LogP contribution in [0.25, 0.3) is 0 Å². The number of hydrogen-bond acceptors (Lipinski definition) is 5. The topological polar surface area (TPSA) is 89.5 Å². The van der Waals surface area contributed by atoms with Crippen LogP contribution in [-0.4, -0.2) is 43.7 Å². The predicted molar refractivity (Wildman–Crippen MR) is 86.7 cm³/mol. The average molecular weight is 392 g/mol. The Kier molecular flexibility index (Phi) is 7.53. The molecule has 0 heterocycles. The second kappa shape index (κ2) is 8.89. The summed E-state index contributed by atoms with van der Waals surface area (Å²) >= 11 is 3.01. The van der Waals surface area contributed by atoms with E-state index in [0.717, 1.165) is 11.8 Å². The minimum atomic E-state index is -3.21. The van der Waals surface area contributed by atoms with Crippen molar-refractivity contribution in [2.75, 3.05) is 17.3 Å². The lowest BCUT2D eigenvalue weighted by atomic mass is 10.1. The highest BCUT2D eigenvalue weighted by atomic mass is 79.9. The van der Waals surface area contributed by atoms with Gasteiger partial charge in [-0.15, -0.1) is 0 Å². The lowest BCUT2D eigenvalue weighted by molar-refractivity contribution is -0.118. The van der Waals surface area contributed by atoms with Gasteiger partial charge in [0.15, 0.2) is 5.78 Å². The van der Waals surface area contributed by atoms with Crippen LogP contribution in [0.15, 0.2) is 30.3 Å². The number of ether oxygens (including phenoxy) is 1. The van der Waals surface area contributed by atoms with Gasteiger partial charge in [0.25, 0.3) is 0 Å². The first kappa shape index (κ1) is 18.6. The van der Waals surface area contributed by atoms with E-state index >= 15 is 0 Å². The van der Waals surface area contributed by atoms with E-state index in [0.29, 0.717) is 0 Å². The van der Waals surface area contributed by atoms with Gasteiger partial charge in [-0.1, -0.05) is 46.3 Å². The van der Waals surface area contributed by atoms with Crippen LogP contribution in [0.2, 0.25) is 0 Å². The van der Waals surface area contributed by atoms with E-state index in [-0.39, 0.29) is 29.9 Å². The van der Waals surface area contributed by atoms with Gasteiger partial charge in [-0.2, -0.15) is 0 Å². The molecule has 122 valence electrons. The summed E-state index contributed by atoms with van der Waals surface area (Å²) in [6.45, 7) is 0.0774. The zero-order valence-corrected chi connectivity index (χ0v) is 14.5. The molecule has 0 bridgehead atoms. The normalized spacial score (nSPS) is 12.5. The lowest BCUT2D eigenvalue weighted by Gasteiger charge is -2.16. The molecule has 22 heavy (non-hydrogen) atoms. The number of benzene rings is 1. The zero-order chi connectivity index (χ0) is 16.6. The molecule has 0 spiro atoms. The number of sulfone groups is 1. The lowest BCUT2D eigenvalue weighted by Crippen LogP contribution is -2.42. The minimum absolute atomic E-state index is 0.0176. The van der Waals surface area contributed by atoms with Crippen molar-refractivity contribution in [3.63, 3.8) is 0 Å². The number of amides is 1. The molecule has 0 saturated carbocycles. The summed E-state index contributed by atoms with van der Waals surface area (Å²) in [7, 11) is -3.21. The van der Waals surface area contributed by atoms with Crippen LogP contribution in [0.1, 0.15) is 12.0 Å². The van der Waals surface area contributed by atoms with Crippen molar-refractivity contribution >= 4 is 37.6 Å². The van der Waals surface area contributed by atoms with Crippen LogP contribution in [0.5, 0.6) is 0 Å². The molecule has 1 unspecified atom stereocenters. The van der Waals surface area contributed by atoms with E-state index in [2.05, 4.69) is 21.2 Å². The van der Waals surface area contributed by atoms with Crippen LogP contribution in [0.4, 0.5) is 4.79 Å². The number of alkyl halides is 1. The maximum absolute atomic E-state index is 11.7. The van der Waals surface area contributed by atoms with Gasteiger partial charge in [0.1, 0.15) is 16.4 Å². The number of ketones is 1. The summed E-state index contributed by atoms with van der Waals surface area (Å²) in [6.07, 6.45) is 0.344.